The molecule has 90 valence electrons. The zero-order valence-corrected chi connectivity index (χ0v) is 10.00. The summed E-state index contributed by atoms with van der Waals surface area (Å²) in [5, 5.41) is 12.5. The number of rotatable bonds is 7. The van der Waals surface area contributed by atoms with Crippen LogP contribution in [0.3, 0.4) is 0 Å². The molecule has 0 radical (unpaired) electrons. The molecule has 0 saturated carbocycles. The summed E-state index contributed by atoms with van der Waals surface area (Å²) < 4.78 is 4.73. The summed E-state index contributed by atoms with van der Waals surface area (Å²) in [5.74, 6) is -0.366. The van der Waals surface area contributed by atoms with Gasteiger partial charge in [-0.2, -0.15) is 0 Å². The largest absolute Gasteiger partial charge is 0.466 e. The molecule has 6 heteroatoms. The predicted octanol–water partition coefficient (Wildman–Crippen LogP) is 0.547. The van der Waals surface area contributed by atoms with Gasteiger partial charge >= 0.3 is 5.97 Å². The van der Waals surface area contributed by atoms with Crippen molar-refractivity contribution in [2.45, 2.75) is 26.0 Å². The highest BCUT2D eigenvalue weighted by atomic mass is 32.1. The summed E-state index contributed by atoms with van der Waals surface area (Å²) in [5.41, 5.74) is 1.76. The number of nitrogens with zero attached hydrogens (tertiary/aromatic N) is 1. The first-order valence-electron chi connectivity index (χ1n) is 5.14. The summed E-state index contributed by atoms with van der Waals surface area (Å²) in [4.78, 5) is 16.1. The molecule has 1 rings (SSSR count). The molecule has 0 saturated heterocycles. The topological polar surface area (TPSA) is 71.5 Å². The molecular weight excluding hydrogens is 228 g/mol. The number of aromatic nitrogens is 1. The third-order valence-electron chi connectivity index (χ3n) is 1.87. The summed E-state index contributed by atoms with van der Waals surface area (Å²) in [6.07, 6.45) is 1.10. The molecule has 0 aromatic carbocycles. The molecule has 0 bridgehead atoms. The molecule has 2 N–H and O–H groups in total. The van der Waals surface area contributed by atoms with E-state index in [9.17, 15) is 9.90 Å². The number of esters is 1. The molecule has 0 aliphatic rings. The third kappa shape index (κ3) is 5.20. The minimum absolute atomic E-state index is 0.0313. The minimum Gasteiger partial charge on any atom is -0.466 e. The lowest BCUT2D eigenvalue weighted by atomic mass is 10.2. The van der Waals surface area contributed by atoms with Gasteiger partial charge in [0.15, 0.2) is 0 Å². The van der Waals surface area contributed by atoms with E-state index in [0.717, 1.165) is 4.88 Å². The number of aliphatic hydroxyl groups excluding tert-OH is 1. The Hall–Kier alpha value is -0.980. The zero-order valence-electron chi connectivity index (χ0n) is 9.18. The Morgan fingerprint density at radius 2 is 2.56 bits per heavy atom. The number of hydrogen-bond donors (Lipinski definition) is 2. The Labute approximate surface area is 98.5 Å². The first-order valence-corrected chi connectivity index (χ1v) is 6.02. The van der Waals surface area contributed by atoms with E-state index in [2.05, 4.69) is 10.3 Å². The molecule has 0 spiro atoms. The van der Waals surface area contributed by atoms with Crippen LogP contribution in [0.1, 0.15) is 18.2 Å². The summed E-state index contributed by atoms with van der Waals surface area (Å²) >= 11 is 1.55. The van der Waals surface area contributed by atoms with Crippen molar-refractivity contribution in [2.75, 3.05) is 13.2 Å². The van der Waals surface area contributed by atoms with Crippen LogP contribution < -0.4 is 5.32 Å². The van der Waals surface area contributed by atoms with Gasteiger partial charge in [0, 0.05) is 24.2 Å². The number of hydrogen-bond acceptors (Lipinski definition) is 6. The monoisotopic (exact) mass is 244 g/mol. The number of carbonyl (C=O) groups excluding carboxylic acids is 1. The molecule has 1 aromatic heterocycles. The molecule has 0 fully saturated rings. The van der Waals surface area contributed by atoms with Crippen LogP contribution in [0.4, 0.5) is 0 Å². The lowest BCUT2D eigenvalue weighted by Crippen LogP contribution is -2.28. The van der Waals surface area contributed by atoms with Gasteiger partial charge in [-0.1, -0.05) is 0 Å². The van der Waals surface area contributed by atoms with Gasteiger partial charge in [0.2, 0.25) is 0 Å². The maximum atomic E-state index is 11.0. The Balaban J connectivity index is 2.10. The second-order valence-corrected chi connectivity index (χ2v) is 4.23. The highest BCUT2D eigenvalue weighted by Gasteiger charge is 2.10. The standard InChI is InChI=1S/C10H16N2O3S/c1-2-15-10(14)3-8(13)4-11-5-9-6-12-7-16-9/h6-8,11,13H,2-5H2,1H3. The predicted molar refractivity (Wildman–Crippen MR) is 61.1 cm³/mol. The van der Waals surface area contributed by atoms with E-state index in [-0.39, 0.29) is 12.4 Å². The van der Waals surface area contributed by atoms with Crippen LogP contribution in [0.5, 0.6) is 0 Å². The van der Waals surface area contributed by atoms with Gasteiger partial charge in [0.1, 0.15) is 0 Å². The molecule has 1 unspecified atom stereocenters. The van der Waals surface area contributed by atoms with Gasteiger partial charge in [-0.15, -0.1) is 11.3 Å². The van der Waals surface area contributed by atoms with Crippen LogP contribution in [0.25, 0.3) is 0 Å². The first-order chi connectivity index (χ1) is 7.72. The summed E-state index contributed by atoms with van der Waals surface area (Å²) in [7, 11) is 0. The molecule has 0 amide bonds. The summed E-state index contributed by atoms with van der Waals surface area (Å²) in [6.45, 7) is 3.12. The van der Waals surface area contributed by atoms with E-state index in [0.29, 0.717) is 19.7 Å². The van der Waals surface area contributed by atoms with Crippen molar-refractivity contribution in [3.63, 3.8) is 0 Å². The Morgan fingerprint density at radius 3 is 3.19 bits per heavy atom. The van der Waals surface area contributed by atoms with E-state index >= 15 is 0 Å². The van der Waals surface area contributed by atoms with Crippen LogP contribution in [-0.4, -0.2) is 35.3 Å². The number of ether oxygens (including phenoxy) is 1. The number of carbonyl (C=O) groups is 1. The maximum Gasteiger partial charge on any atom is 0.308 e. The second kappa shape index (κ2) is 7.32. The van der Waals surface area contributed by atoms with E-state index in [1.54, 1.807) is 30.0 Å². The second-order valence-electron chi connectivity index (χ2n) is 3.26. The average molecular weight is 244 g/mol. The van der Waals surface area contributed by atoms with E-state index in [1.807, 2.05) is 0 Å². The molecule has 1 atom stereocenters. The normalized spacial score (nSPS) is 12.4. The van der Waals surface area contributed by atoms with Crippen molar-refractivity contribution in [3.8, 4) is 0 Å². The highest BCUT2D eigenvalue weighted by Crippen LogP contribution is 2.04. The quantitative estimate of drug-likeness (QED) is 0.685. The van der Waals surface area contributed by atoms with Crippen molar-refractivity contribution in [1.29, 1.82) is 0 Å². The van der Waals surface area contributed by atoms with Crippen LogP contribution in [0.15, 0.2) is 11.7 Å². The van der Waals surface area contributed by atoms with Gasteiger partial charge in [-0.05, 0) is 6.92 Å². The molecule has 0 aliphatic carbocycles. The van der Waals surface area contributed by atoms with Gasteiger partial charge in [0.05, 0.1) is 24.6 Å². The van der Waals surface area contributed by atoms with Crippen molar-refractivity contribution in [2.24, 2.45) is 0 Å². The van der Waals surface area contributed by atoms with Crippen molar-refractivity contribution < 1.29 is 14.6 Å². The number of aliphatic hydroxyl groups is 1. The zero-order chi connectivity index (χ0) is 11.8. The van der Waals surface area contributed by atoms with Gasteiger partial charge in [0.25, 0.3) is 0 Å². The van der Waals surface area contributed by atoms with Crippen molar-refractivity contribution in [3.05, 3.63) is 16.6 Å². The number of nitrogens with one attached hydrogen (secondary N) is 1. The third-order valence-corrected chi connectivity index (χ3v) is 2.65. The minimum atomic E-state index is -0.702. The van der Waals surface area contributed by atoms with Gasteiger partial charge in [-0.25, -0.2) is 0 Å². The molecule has 1 aromatic rings. The Kier molecular flexibility index (Phi) is 5.99. The highest BCUT2D eigenvalue weighted by molar-refractivity contribution is 7.09. The van der Waals surface area contributed by atoms with E-state index in [1.165, 1.54) is 0 Å². The van der Waals surface area contributed by atoms with Crippen LogP contribution in [-0.2, 0) is 16.1 Å². The Morgan fingerprint density at radius 1 is 1.75 bits per heavy atom. The lowest BCUT2D eigenvalue weighted by molar-refractivity contribution is -0.145. The molecule has 5 nitrogen and oxygen atoms in total. The fourth-order valence-corrected chi connectivity index (χ4v) is 1.74. The first kappa shape index (κ1) is 13.1. The van der Waals surface area contributed by atoms with Crippen LogP contribution in [0.2, 0.25) is 0 Å². The molecule has 1 heterocycles. The number of thiazole rings is 1. The van der Waals surface area contributed by atoms with E-state index in [4.69, 9.17) is 4.74 Å². The molecular formula is C10H16N2O3S. The summed E-state index contributed by atoms with van der Waals surface area (Å²) in [6, 6.07) is 0. The van der Waals surface area contributed by atoms with Crippen LogP contribution in [0, 0.1) is 0 Å². The van der Waals surface area contributed by atoms with Gasteiger partial charge in [-0.3, -0.25) is 9.78 Å². The smallest absolute Gasteiger partial charge is 0.308 e. The van der Waals surface area contributed by atoms with Crippen molar-refractivity contribution >= 4 is 17.3 Å². The Bertz CT molecular complexity index is 303. The SMILES string of the molecule is CCOC(=O)CC(O)CNCc1cncs1. The fourth-order valence-electron chi connectivity index (χ4n) is 1.18. The molecule has 0 aliphatic heterocycles. The van der Waals surface area contributed by atoms with Crippen LogP contribution >= 0.6 is 11.3 Å². The average Bonchev–Trinajstić information content (AvgIpc) is 2.70. The lowest BCUT2D eigenvalue weighted by Gasteiger charge is -2.10. The van der Waals surface area contributed by atoms with Gasteiger partial charge < -0.3 is 15.2 Å². The van der Waals surface area contributed by atoms with E-state index < -0.39 is 6.10 Å². The molecule has 16 heavy (non-hydrogen) atoms. The fraction of sp³-hybridized carbons (Fsp3) is 0.600. The maximum absolute atomic E-state index is 11.0. The van der Waals surface area contributed by atoms with Crippen molar-refractivity contribution in [1.82, 2.24) is 10.3 Å².